The molecule has 3 rings (SSSR count). The van der Waals surface area contributed by atoms with Gasteiger partial charge in [-0.1, -0.05) is 0 Å². The molecule has 0 saturated carbocycles. The Bertz CT molecular complexity index is 663. The van der Waals surface area contributed by atoms with Gasteiger partial charge < -0.3 is 10.6 Å². The molecule has 2 aromatic heterocycles. The molecule has 2 N–H and O–H groups in total. The fraction of sp³-hybridized carbons (Fsp3) is 0.533. The predicted molar refractivity (Wildman–Crippen MR) is 86.0 cm³/mol. The first-order chi connectivity index (χ1) is 10.6. The van der Waals surface area contributed by atoms with Crippen LogP contribution in [0.25, 0.3) is 0 Å². The minimum atomic E-state index is -0.139. The van der Waals surface area contributed by atoms with Gasteiger partial charge in [-0.2, -0.15) is 5.10 Å². The van der Waals surface area contributed by atoms with Gasteiger partial charge in [-0.05, 0) is 32.3 Å². The van der Waals surface area contributed by atoms with E-state index in [1.54, 1.807) is 22.2 Å². The molecule has 118 valence electrons. The van der Waals surface area contributed by atoms with Gasteiger partial charge in [0.25, 0.3) is 0 Å². The van der Waals surface area contributed by atoms with Crippen molar-refractivity contribution in [2.24, 2.45) is 7.05 Å². The summed E-state index contributed by atoms with van der Waals surface area (Å²) in [4.78, 5) is 18.0. The molecule has 0 unspecified atom stereocenters. The minimum Gasteiger partial charge on any atom is -0.337 e. The molecule has 0 radical (unpaired) electrons. The molecule has 1 atom stereocenters. The maximum absolute atomic E-state index is 11.9. The molecule has 2 aromatic rings. The van der Waals surface area contributed by atoms with E-state index in [-0.39, 0.29) is 6.03 Å². The molecule has 6 nitrogen and oxygen atoms in total. The molecule has 0 fully saturated rings. The lowest BCUT2D eigenvalue weighted by atomic mass is 9.91. The van der Waals surface area contributed by atoms with E-state index in [4.69, 9.17) is 0 Å². The molecule has 0 aromatic carbocycles. The van der Waals surface area contributed by atoms with Gasteiger partial charge in [-0.3, -0.25) is 4.68 Å². The van der Waals surface area contributed by atoms with Gasteiger partial charge in [0.1, 0.15) is 0 Å². The second-order valence-corrected chi connectivity index (χ2v) is 6.93. The number of aryl methyl sites for hydroxylation is 3. The summed E-state index contributed by atoms with van der Waals surface area (Å²) in [6.07, 6.45) is 5.13. The molecule has 7 heteroatoms. The summed E-state index contributed by atoms with van der Waals surface area (Å²) in [5.74, 6) is 0.344. The lowest BCUT2D eigenvalue weighted by molar-refractivity contribution is 0.239. The molecule has 2 heterocycles. The predicted octanol–water partition coefficient (Wildman–Crippen LogP) is 2.10. The zero-order chi connectivity index (χ0) is 15.5. The number of aromatic nitrogens is 3. The van der Waals surface area contributed by atoms with E-state index in [9.17, 15) is 4.79 Å². The average Bonchev–Trinajstić information content (AvgIpc) is 3.07. The second-order valence-electron chi connectivity index (χ2n) is 5.64. The van der Waals surface area contributed by atoms with Gasteiger partial charge in [0.2, 0.25) is 0 Å². The van der Waals surface area contributed by atoms with Crippen LogP contribution in [0.3, 0.4) is 0 Å². The highest BCUT2D eigenvalue weighted by Crippen LogP contribution is 2.34. The van der Waals surface area contributed by atoms with E-state index in [1.165, 1.54) is 17.0 Å². The Kier molecular flexibility index (Phi) is 4.42. The number of carbonyl (C=O) groups excluding carboxylic acids is 1. The van der Waals surface area contributed by atoms with E-state index in [1.807, 2.05) is 20.0 Å². The van der Waals surface area contributed by atoms with E-state index >= 15 is 0 Å². The molecule has 0 aliphatic heterocycles. The Balaban J connectivity index is 1.50. The number of amides is 2. The van der Waals surface area contributed by atoms with Crippen LogP contribution in [-0.2, 0) is 20.0 Å². The summed E-state index contributed by atoms with van der Waals surface area (Å²) < 4.78 is 1.76. The standard InChI is InChI=1S/C15H21N5OS/c1-10-19-14-11(4-3-5-13(14)22-10)8-16-15(21)17-9-12-6-7-18-20(12)2/h6-7,11H,3-5,8-9H2,1-2H3,(H2,16,17,21)/t11-/m0/s1. The topological polar surface area (TPSA) is 71.8 Å². The third kappa shape index (κ3) is 3.30. The summed E-state index contributed by atoms with van der Waals surface area (Å²) in [6.45, 7) is 3.18. The molecule has 22 heavy (non-hydrogen) atoms. The fourth-order valence-electron chi connectivity index (χ4n) is 2.85. The maximum atomic E-state index is 11.9. The molecular formula is C15H21N5OS. The summed E-state index contributed by atoms with van der Waals surface area (Å²) >= 11 is 1.79. The Morgan fingerprint density at radius 1 is 1.50 bits per heavy atom. The van der Waals surface area contributed by atoms with E-state index in [0.717, 1.165) is 23.5 Å². The van der Waals surface area contributed by atoms with Crippen molar-refractivity contribution < 1.29 is 4.79 Å². The monoisotopic (exact) mass is 319 g/mol. The minimum absolute atomic E-state index is 0.139. The van der Waals surface area contributed by atoms with E-state index in [0.29, 0.717) is 19.0 Å². The molecule has 0 bridgehead atoms. The maximum Gasteiger partial charge on any atom is 0.315 e. The van der Waals surface area contributed by atoms with Gasteiger partial charge in [-0.15, -0.1) is 11.3 Å². The van der Waals surface area contributed by atoms with Crippen molar-refractivity contribution in [3.8, 4) is 0 Å². The van der Waals surface area contributed by atoms with Gasteiger partial charge in [0, 0.05) is 30.6 Å². The van der Waals surface area contributed by atoms with Crippen LogP contribution in [0.2, 0.25) is 0 Å². The highest BCUT2D eigenvalue weighted by molar-refractivity contribution is 7.11. The number of hydrogen-bond donors (Lipinski definition) is 2. The van der Waals surface area contributed by atoms with Crippen LogP contribution in [0, 0.1) is 6.92 Å². The Morgan fingerprint density at radius 3 is 3.14 bits per heavy atom. The number of nitrogens with one attached hydrogen (secondary N) is 2. The molecule has 1 aliphatic carbocycles. The number of nitrogens with zero attached hydrogens (tertiary/aromatic N) is 3. The highest BCUT2D eigenvalue weighted by atomic mass is 32.1. The molecule has 1 aliphatic rings. The Hall–Kier alpha value is -1.89. The Morgan fingerprint density at radius 2 is 2.36 bits per heavy atom. The van der Waals surface area contributed by atoms with Gasteiger partial charge >= 0.3 is 6.03 Å². The van der Waals surface area contributed by atoms with Crippen molar-refractivity contribution in [2.75, 3.05) is 6.54 Å². The normalized spacial score (nSPS) is 17.1. The number of urea groups is 1. The third-order valence-electron chi connectivity index (χ3n) is 4.04. The van der Waals surface area contributed by atoms with Gasteiger partial charge in [0.05, 0.1) is 22.9 Å². The van der Waals surface area contributed by atoms with Crippen LogP contribution in [0.15, 0.2) is 12.3 Å². The summed E-state index contributed by atoms with van der Waals surface area (Å²) in [5.41, 5.74) is 2.17. The van der Waals surface area contributed by atoms with Crippen molar-refractivity contribution in [3.63, 3.8) is 0 Å². The third-order valence-corrected chi connectivity index (χ3v) is 5.09. The SMILES string of the molecule is Cc1nc2c(s1)CCC[C@H]2CNC(=O)NCc1ccnn1C. The number of fused-ring (bicyclic) bond motifs is 1. The molecule has 0 saturated heterocycles. The number of hydrogen-bond acceptors (Lipinski definition) is 4. The first-order valence-electron chi connectivity index (χ1n) is 7.58. The van der Waals surface area contributed by atoms with Crippen LogP contribution < -0.4 is 10.6 Å². The van der Waals surface area contributed by atoms with Crippen molar-refractivity contribution in [1.82, 2.24) is 25.4 Å². The van der Waals surface area contributed by atoms with Crippen molar-refractivity contribution in [2.45, 2.75) is 38.6 Å². The smallest absolute Gasteiger partial charge is 0.315 e. The lowest BCUT2D eigenvalue weighted by Gasteiger charge is -2.21. The fourth-order valence-corrected chi connectivity index (χ4v) is 3.92. The second kappa shape index (κ2) is 6.48. The first-order valence-corrected chi connectivity index (χ1v) is 8.40. The van der Waals surface area contributed by atoms with Crippen molar-refractivity contribution in [1.29, 1.82) is 0 Å². The average molecular weight is 319 g/mol. The summed E-state index contributed by atoms with van der Waals surface area (Å²) in [7, 11) is 1.86. The molecule has 0 spiro atoms. The van der Waals surface area contributed by atoms with Crippen LogP contribution in [0.5, 0.6) is 0 Å². The number of rotatable bonds is 4. The van der Waals surface area contributed by atoms with Crippen LogP contribution in [-0.4, -0.2) is 27.3 Å². The zero-order valence-corrected chi connectivity index (χ0v) is 13.7. The quantitative estimate of drug-likeness (QED) is 0.906. The largest absolute Gasteiger partial charge is 0.337 e. The van der Waals surface area contributed by atoms with E-state index < -0.39 is 0 Å². The number of thiazole rings is 1. The zero-order valence-electron chi connectivity index (χ0n) is 12.9. The van der Waals surface area contributed by atoms with Crippen molar-refractivity contribution in [3.05, 3.63) is 33.5 Å². The van der Waals surface area contributed by atoms with Crippen LogP contribution >= 0.6 is 11.3 Å². The van der Waals surface area contributed by atoms with Crippen molar-refractivity contribution >= 4 is 17.4 Å². The van der Waals surface area contributed by atoms with E-state index in [2.05, 4.69) is 20.7 Å². The Labute approximate surface area is 133 Å². The summed E-state index contributed by atoms with van der Waals surface area (Å²) in [6, 6.07) is 1.76. The van der Waals surface area contributed by atoms with Crippen LogP contribution in [0.1, 0.15) is 40.0 Å². The van der Waals surface area contributed by atoms with Gasteiger partial charge in [0.15, 0.2) is 0 Å². The molecule has 2 amide bonds. The highest BCUT2D eigenvalue weighted by Gasteiger charge is 2.24. The molecular weight excluding hydrogens is 298 g/mol. The van der Waals surface area contributed by atoms with Gasteiger partial charge in [-0.25, -0.2) is 9.78 Å². The lowest BCUT2D eigenvalue weighted by Crippen LogP contribution is -2.38. The van der Waals surface area contributed by atoms with Crippen LogP contribution in [0.4, 0.5) is 4.79 Å². The summed E-state index contributed by atoms with van der Waals surface area (Å²) in [5, 5.41) is 11.0. The number of carbonyl (C=O) groups is 1. The first kappa shape index (κ1) is 15.0.